The van der Waals surface area contributed by atoms with Gasteiger partial charge in [0.25, 0.3) is 0 Å². The molecule has 2 heterocycles. The summed E-state index contributed by atoms with van der Waals surface area (Å²) in [4.78, 5) is 21.8. The molecule has 156 valence electrons. The van der Waals surface area contributed by atoms with E-state index < -0.39 is 0 Å². The number of thiazole rings is 1. The van der Waals surface area contributed by atoms with Crippen LogP contribution in [0.25, 0.3) is 11.3 Å². The quantitative estimate of drug-likeness (QED) is 0.551. The molecule has 1 atom stereocenters. The average Bonchev–Trinajstić information content (AvgIpc) is 3.18. The first kappa shape index (κ1) is 21.0. The molecule has 1 unspecified atom stereocenters. The number of hydrogen-bond acceptors (Lipinski definition) is 5. The Kier molecular flexibility index (Phi) is 6.51. The van der Waals surface area contributed by atoms with Gasteiger partial charge in [-0.25, -0.2) is 4.98 Å². The van der Waals surface area contributed by atoms with Gasteiger partial charge in [0.05, 0.1) is 12.2 Å². The summed E-state index contributed by atoms with van der Waals surface area (Å²) >= 11 is 4.90. The van der Waals surface area contributed by atoms with Crippen molar-refractivity contribution in [2.45, 2.75) is 19.9 Å². The van der Waals surface area contributed by atoms with Crippen molar-refractivity contribution in [1.82, 2.24) is 9.88 Å². The average molecular weight is 485 g/mol. The van der Waals surface area contributed by atoms with Crippen LogP contribution in [-0.2, 0) is 4.79 Å². The van der Waals surface area contributed by atoms with E-state index >= 15 is 0 Å². The number of amides is 1. The zero-order valence-electron chi connectivity index (χ0n) is 17.1. The van der Waals surface area contributed by atoms with Crippen LogP contribution in [0.2, 0.25) is 0 Å². The molecule has 0 saturated carbocycles. The van der Waals surface area contributed by atoms with Gasteiger partial charge in [0.2, 0.25) is 5.91 Å². The molecule has 0 bridgehead atoms. The molecule has 0 aliphatic carbocycles. The number of aromatic nitrogens is 1. The number of halogens is 1. The van der Waals surface area contributed by atoms with Gasteiger partial charge in [-0.15, -0.1) is 11.3 Å². The highest BCUT2D eigenvalue weighted by Gasteiger charge is 2.25. The van der Waals surface area contributed by atoms with Gasteiger partial charge >= 0.3 is 0 Å². The number of hydrogen-bond donors (Lipinski definition) is 1. The molecule has 0 spiro atoms. The lowest BCUT2D eigenvalue weighted by atomic mass is 10.1. The largest absolute Gasteiger partial charge is 0.366 e. The number of nitrogens with one attached hydrogen (secondary N) is 1. The zero-order valence-corrected chi connectivity index (χ0v) is 19.5. The summed E-state index contributed by atoms with van der Waals surface area (Å²) < 4.78 is 1.03. The number of rotatable bonds is 5. The summed E-state index contributed by atoms with van der Waals surface area (Å²) in [5, 5.41) is 5.57. The third-order valence-corrected chi connectivity index (χ3v) is 6.62. The molecule has 1 fully saturated rings. The van der Waals surface area contributed by atoms with Crippen LogP contribution in [0.1, 0.15) is 12.5 Å². The number of carbonyl (C=O) groups is 1. The van der Waals surface area contributed by atoms with E-state index in [-0.39, 0.29) is 5.91 Å². The summed E-state index contributed by atoms with van der Waals surface area (Å²) in [5.74, 6) is -0.0114. The van der Waals surface area contributed by atoms with Crippen LogP contribution in [0.5, 0.6) is 0 Å². The van der Waals surface area contributed by atoms with Crippen LogP contribution in [0.4, 0.5) is 10.8 Å². The van der Waals surface area contributed by atoms with Gasteiger partial charge in [-0.1, -0.05) is 45.8 Å². The molecule has 3 aromatic rings. The van der Waals surface area contributed by atoms with E-state index in [4.69, 9.17) is 0 Å². The van der Waals surface area contributed by atoms with E-state index in [2.05, 4.69) is 74.1 Å². The van der Waals surface area contributed by atoms with Crippen molar-refractivity contribution in [2.24, 2.45) is 0 Å². The lowest BCUT2D eigenvalue weighted by Gasteiger charge is -2.41. The SMILES string of the molecule is Cc1ccc(N2CCN(CC(=O)Nc3nc(-c4ccc(Br)cc4)cs3)CC2C)cc1. The topological polar surface area (TPSA) is 48.5 Å². The summed E-state index contributed by atoms with van der Waals surface area (Å²) in [5.41, 5.74) is 4.44. The second-order valence-electron chi connectivity index (χ2n) is 7.71. The van der Waals surface area contributed by atoms with E-state index in [1.807, 2.05) is 29.6 Å². The number of piperazine rings is 1. The molecule has 1 aliphatic rings. The Balaban J connectivity index is 1.31. The molecular formula is C23H25BrN4OS. The highest BCUT2D eigenvalue weighted by molar-refractivity contribution is 9.10. The molecule has 30 heavy (non-hydrogen) atoms. The Morgan fingerprint density at radius 2 is 1.90 bits per heavy atom. The van der Waals surface area contributed by atoms with Crippen molar-refractivity contribution in [3.63, 3.8) is 0 Å². The highest BCUT2D eigenvalue weighted by Crippen LogP contribution is 2.26. The van der Waals surface area contributed by atoms with E-state index in [0.29, 0.717) is 17.7 Å². The fraction of sp³-hybridized carbons (Fsp3) is 0.304. The van der Waals surface area contributed by atoms with Gasteiger partial charge in [-0.05, 0) is 38.1 Å². The third kappa shape index (κ3) is 5.09. The molecule has 0 radical (unpaired) electrons. The Morgan fingerprint density at radius 3 is 2.60 bits per heavy atom. The van der Waals surface area contributed by atoms with Crippen LogP contribution >= 0.6 is 27.3 Å². The minimum absolute atomic E-state index is 0.0114. The van der Waals surface area contributed by atoms with Gasteiger partial charge < -0.3 is 10.2 Å². The summed E-state index contributed by atoms with van der Waals surface area (Å²) in [6.45, 7) is 7.36. The van der Waals surface area contributed by atoms with Crippen LogP contribution < -0.4 is 10.2 Å². The minimum Gasteiger partial charge on any atom is -0.366 e. The number of anilines is 2. The molecule has 2 aromatic carbocycles. The Hall–Kier alpha value is -2.22. The molecule has 1 amide bonds. The first-order valence-corrected chi connectivity index (χ1v) is 11.7. The molecular weight excluding hydrogens is 460 g/mol. The third-order valence-electron chi connectivity index (χ3n) is 5.33. The Bertz CT molecular complexity index is 1000. The first-order chi connectivity index (χ1) is 14.5. The molecule has 7 heteroatoms. The number of carbonyl (C=O) groups excluding carboxylic acids is 1. The lowest BCUT2D eigenvalue weighted by Crippen LogP contribution is -2.53. The summed E-state index contributed by atoms with van der Waals surface area (Å²) in [6, 6.07) is 17.0. The van der Waals surface area contributed by atoms with Gasteiger partial charge in [-0.2, -0.15) is 0 Å². The van der Waals surface area contributed by atoms with Crippen molar-refractivity contribution in [2.75, 3.05) is 36.4 Å². The molecule has 1 aromatic heterocycles. The zero-order chi connectivity index (χ0) is 21.1. The second kappa shape index (κ2) is 9.29. The summed E-state index contributed by atoms with van der Waals surface area (Å²) in [7, 11) is 0. The van der Waals surface area contributed by atoms with Gasteiger partial charge in [-0.3, -0.25) is 9.69 Å². The van der Waals surface area contributed by atoms with Crippen molar-refractivity contribution >= 4 is 44.0 Å². The number of benzene rings is 2. The number of nitrogens with zero attached hydrogens (tertiary/aromatic N) is 3. The predicted molar refractivity (Wildman–Crippen MR) is 128 cm³/mol. The van der Waals surface area contributed by atoms with Crippen molar-refractivity contribution < 1.29 is 4.79 Å². The van der Waals surface area contributed by atoms with Gasteiger partial charge in [0, 0.05) is 46.8 Å². The predicted octanol–water partition coefficient (Wildman–Crippen LogP) is 5.03. The minimum atomic E-state index is -0.0114. The van der Waals surface area contributed by atoms with Crippen molar-refractivity contribution in [3.8, 4) is 11.3 Å². The van der Waals surface area contributed by atoms with Crippen molar-refractivity contribution in [1.29, 1.82) is 0 Å². The fourth-order valence-corrected chi connectivity index (χ4v) is 4.74. The van der Waals surface area contributed by atoms with Gasteiger partial charge in [0.1, 0.15) is 0 Å². The first-order valence-electron chi connectivity index (χ1n) is 10.0. The molecule has 1 saturated heterocycles. The monoisotopic (exact) mass is 484 g/mol. The molecule has 5 nitrogen and oxygen atoms in total. The van der Waals surface area contributed by atoms with Crippen molar-refractivity contribution in [3.05, 3.63) is 63.9 Å². The highest BCUT2D eigenvalue weighted by atomic mass is 79.9. The Labute approximate surface area is 189 Å². The standard InChI is InChI=1S/C23H25BrN4OS/c1-16-3-9-20(10-4-16)28-12-11-27(13-17(28)2)14-22(29)26-23-25-21(15-30-23)18-5-7-19(24)8-6-18/h3-10,15,17H,11-14H2,1-2H3,(H,25,26,29). The molecule has 4 rings (SSSR count). The normalized spacial score (nSPS) is 17.2. The lowest BCUT2D eigenvalue weighted by molar-refractivity contribution is -0.117. The Morgan fingerprint density at radius 1 is 1.17 bits per heavy atom. The fourth-order valence-electron chi connectivity index (χ4n) is 3.74. The van der Waals surface area contributed by atoms with Crippen LogP contribution in [-0.4, -0.2) is 48.0 Å². The summed E-state index contributed by atoms with van der Waals surface area (Å²) in [6.07, 6.45) is 0. The molecule has 1 N–H and O–H groups in total. The maximum Gasteiger partial charge on any atom is 0.240 e. The van der Waals surface area contributed by atoms with E-state index in [1.165, 1.54) is 22.6 Å². The maximum atomic E-state index is 12.6. The second-order valence-corrected chi connectivity index (χ2v) is 9.48. The maximum absolute atomic E-state index is 12.6. The van der Waals surface area contributed by atoms with E-state index in [0.717, 1.165) is 35.4 Å². The van der Waals surface area contributed by atoms with E-state index in [9.17, 15) is 4.79 Å². The number of aryl methyl sites for hydroxylation is 1. The molecule has 1 aliphatic heterocycles. The van der Waals surface area contributed by atoms with Crippen LogP contribution in [0.3, 0.4) is 0 Å². The van der Waals surface area contributed by atoms with Gasteiger partial charge in [0.15, 0.2) is 5.13 Å². The van der Waals surface area contributed by atoms with Crippen LogP contribution in [0, 0.1) is 6.92 Å². The van der Waals surface area contributed by atoms with E-state index in [1.54, 1.807) is 0 Å². The smallest absolute Gasteiger partial charge is 0.240 e. The van der Waals surface area contributed by atoms with Crippen LogP contribution in [0.15, 0.2) is 58.4 Å².